The van der Waals surface area contributed by atoms with E-state index in [-0.39, 0.29) is 24.7 Å². The molecular weight excluding hydrogens is 268 g/mol. The van der Waals surface area contributed by atoms with Crippen molar-refractivity contribution in [3.8, 4) is 5.75 Å². The van der Waals surface area contributed by atoms with Gasteiger partial charge in [-0.2, -0.15) is 0 Å². The number of aliphatic hydroxyl groups is 1. The molecule has 0 aromatic heterocycles. The van der Waals surface area contributed by atoms with Gasteiger partial charge in [-0.15, -0.1) is 0 Å². The summed E-state index contributed by atoms with van der Waals surface area (Å²) >= 11 is 0. The van der Waals surface area contributed by atoms with Gasteiger partial charge in [0.25, 0.3) is 0 Å². The van der Waals surface area contributed by atoms with Crippen LogP contribution in [-0.4, -0.2) is 22.8 Å². The van der Waals surface area contributed by atoms with E-state index >= 15 is 0 Å². The van der Waals surface area contributed by atoms with E-state index in [1.165, 1.54) is 0 Å². The van der Waals surface area contributed by atoms with Crippen molar-refractivity contribution in [2.75, 3.05) is 6.61 Å². The number of carbonyl (C=O) groups is 1. The number of hydrogen-bond acceptors (Lipinski definition) is 3. The first-order valence-corrected chi connectivity index (χ1v) is 6.76. The number of benzene rings is 2. The predicted octanol–water partition coefficient (Wildman–Crippen LogP) is 3.06. The molecule has 2 aromatic carbocycles. The van der Waals surface area contributed by atoms with Crippen molar-refractivity contribution in [1.29, 1.82) is 0 Å². The molecule has 0 unspecified atom stereocenters. The quantitative estimate of drug-likeness (QED) is 0.856. The molecule has 4 nitrogen and oxygen atoms in total. The molecule has 0 spiro atoms. The van der Waals surface area contributed by atoms with Gasteiger partial charge >= 0.3 is 5.97 Å². The molecule has 0 aliphatic rings. The maximum atomic E-state index is 11.1. The molecule has 0 heterocycles. The monoisotopic (exact) mass is 286 g/mol. The molecule has 0 amide bonds. The fourth-order valence-corrected chi connectivity index (χ4v) is 2.03. The molecule has 2 aromatic rings. The van der Waals surface area contributed by atoms with Gasteiger partial charge in [0, 0.05) is 18.1 Å². The highest BCUT2D eigenvalue weighted by Gasteiger charge is 2.10. The molecule has 1 atom stereocenters. The zero-order chi connectivity index (χ0) is 15.2. The van der Waals surface area contributed by atoms with Crippen molar-refractivity contribution in [2.45, 2.75) is 19.4 Å². The summed E-state index contributed by atoms with van der Waals surface area (Å²) in [4.78, 5) is 11.1. The summed E-state index contributed by atoms with van der Waals surface area (Å²) in [5.74, 6) is -0.260. The van der Waals surface area contributed by atoms with Crippen LogP contribution in [0, 0.1) is 0 Å². The van der Waals surface area contributed by atoms with E-state index in [0.717, 1.165) is 5.56 Å². The summed E-state index contributed by atoms with van der Waals surface area (Å²) in [5.41, 5.74) is 1.87. The number of hydrogen-bond donors (Lipinski definition) is 2. The Labute approximate surface area is 123 Å². The molecule has 4 heteroatoms. The molecule has 0 radical (unpaired) electrons. The van der Waals surface area contributed by atoms with Gasteiger partial charge in [-0.05, 0) is 23.8 Å². The number of ether oxygens (including phenoxy) is 1. The third-order valence-corrected chi connectivity index (χ3v) is 3.34. The van der Waals surface area contributed by atoms with Gasteiger partial charge in [0.05, 0.1) is 5.56 Å². The fourth-order valence-electron chi connectivity index (χ4n) is 2.03. The summed E-state index contributed by atoms with van der Waals surface area (Å²) in [6.07, 6.45) is 0. The van der Waals surface area contributed by atoms with Crippen LogP contribution in [0.15, 0.2) is 48.5 Å². The van der Waals surface area contributed by atoms with Gasteiger partial charge in [-0.25, -0.2) is 4.79 Å². The largest absolute Gasteiger partial charge is 0.489 e. The van der Waals surface area contributed by atoms with Crippen LogP contribution in [0.4, 0.5) is 0 Å². The van der Waals surface area contributed by atoms with Gasteiger partial charge in [-0.3, -0.25) is 0 Å². The summed E-state index contributed by atoms with van der Waals surface area (Å²) in [6.45, 7) is 2.20. The Morgan fingerprint density at radius 1 is 1.19 bits per heavy atom. The SMILES string of the molecule is C[C@H](CO)c1cccc(OCc2ccccc2C(=O)O)c1. The van der Waals surface area contributed by atoms with Crippen LogP contribution in [0.3, 0.4) is 0 Å². The molecule has 0 bridgehead atoms. The van der Waals surface area contributed by atoms with E-state index in [1.807, 2.05) is 31.2 Å². The Morgan fingerprint density at radius 3 is 2.67 bits per heavy atom. The zero-order valence-corrected chi connectivity index (χ0v) is 11.8. The third kappa shape index (κ3) is 3.83. The van der Waals surface area contributed by atoms with Crippen molar-refractivity contribution in [3.05, 3.63) is 65.2 Å². The lowest BCUT2D eigenvalue weighted by Crippen LogP contribution is -2.05. The van der Waals surface area contributed by atoms with E-state index in [1.54, 1.807) is 24.3 Å². The summed E-state index contributed by atoms with van der Waals surface area (Å²) in [7, 11) is 0. The molecular formula is C17H18O4. The maximum absolute atomic E-state index is 11.1. The lowest BCUT2D eigenvalue weighted by Gasteiger charge is -2.12. The zero-order valence-electron chi connectivity index (χ0n) is 11.8. The Hall–Kier alpha value is -2.33. The average Bonchev–Trinajstić information content (AvgIpc) is 2.52. The first kappa shape index (κ1) is 15.1. The molecule has 0 saturated heterocycles. The van der Waals surface area contributed by atoms with Crippen molar-refractivity contribution in [3.63, 3.8) is 0 Å². The maximum Gasteiger partial charge on any atom is 0.336 e. The van der Waals surface area contributed by atoms with E-state index in [9.17, 15) is 9.90 Å². The van der Waals surface area contributed by atoms with Crippen LogP contribution in [0.5, 0.6) is 5.75 Å². The third-order valence-electron chi connectivity index (χ3n) is 3.34. The summed E-state index contributed by atoms with van der Waals surface area (Å²) in [6, 6.07) is 14.3. The molecule has 2 N–H and O–H groups in total. The lowest BCUT2D eigenvalue weighted by atomic mass is 10.0. The van der Waals surface area contributed by atoms with Crippen LogP contribution in [0.1, 0.15) is 34.3 Å². The Balaban J connectivity index is 2.12. The minimum atomic E-state index is -0.961. The molecule has 0 fully saturated rings. The highest BCUT2D eigenvalue weighted by atomic mass is 16.5. The van der Waals surface area contributed by atoms with E-state index in [4.69, 9.17) is 9.84 Å². The van der Waals surface area contributed by atoms with Gasteiger partial charge in [0.15, 0.2) is 0 Å². The topological polar surface area (TPSA) is 66.8 Å². The second kappa shape index (κ2) is 6.90. The van der Waals surface area contributed by atoms with Gasteiger partial charge < -0.3 is 14.9 Å². The van der Waals surface area contributed by atoms with E-state index in [0.29, 0.717) is 11.3 Å². The number of carboxylic acid groups (broad SMARTS) is 1. The first-order valence-electron chi connectivity index (χ1n) is 6.76. The van der Waals surface area contributed by atoms with Gasteiger partial charge in [0.1, 0.15) is 12.4 Å². The van der Waals surface area contributed by atoms with E-state index in [2.05, 4.69) is 0 Å². The van der Waals surface area contributed by atoms with Crippen molar-refractivity contribution < 1.29 is 19.7 Å². The van der Waals surface area contributed by atoms with Crippen molar-refractivity contribution in [2.24, 2.45) is 0 Å². The van der Waals surface area contributed by atoms with Crippen LogP contribution in [0.2, 0.25) is 0 Å². The van der Waals surface area contributed by atoms with E-state index < -0.39 is 5.97 Å². The first-order chi connectivity index (χ1) is 10.1. The highest BCUT2D eigenvalue weighted by Crippen LogP contribution is 2.21. The Bertz CT molecular complexity index is 622. The molecule has 0 saturated carbocycles. The van der Waals surface area contributed by atoms with Crippen molar-refractivity contribution >= 4 is 5.97 Å². The predicted molar refractivity (Wildman–Crippen MR) is 79.7 cm³/mol. The number of carboxylic acids is 1. The fraction of sp³-hybridized carbons (Fsp3) is 0.235. The van der Waals surface area contributed by atoms with Crippen LogP contribution in [0.25, 0.3) is 0 Å². The minimum absolute atomic E-state index is 0.0415. The van der Waals surface area contributed by atoms with Gasteiger partial charge in [-0.1, -0.05) is 37.3 Å². The standard InChI is InChI=1S/C17H18O4/c1-12(10-18)13-6-4-7-15(9-13)21-11-14-5-2-3-8-16(14)17(19)20/h2-9,12,18H,10-11H2,1H3,(H,19,20)/t12-/m1/s1. The second-order valence-electron chi connectivity index (χ2n) is 4.91. The molecule has 2 rings (SSSR count). The Kier molecular flexibility index (Phi) is 4.95. The summed E-state index contributed by atoms with van der Waals surface area (Å²) in [5, 5.41) is 18.3. The molecule has 110 valence electrons. The molecule has 21 heavy (non-hydrogen) atoms. The number of rotatable bonds is 6. The molecule has 0 aliphatic carbocycles. The van der Waals surface area contributed by atoms with Crippen LogP contribution >= 0.6 is 0 Å². The highest BCUT2D eigenvalue weighted by molar-refractivity contribution is 5.89. The minimum Gasteiger partial charge on any atom is -0.489 e. The number of aromatic carboxylic acids is 1. The van der Waals surface area contributed by atoms with Crippen LogP contribution < -0.4 is 4.74 Å². The average molecular weight is 286 g/mol. The van der Waals surface area contributed by atoms with Gasteiger partial charge in [0.2, 0.25) is 0 Å². The smallest absolute Gasteiger partial charge is 0.336 e. The lowest BCUT2D eigenvalue weighted by molar-refractivity contribution is 0.0694. The summed E-state index contributed by atoms with van der Waals surface area (Å²) < 4.78 is 5.67. The van der Waals surface area contributed by atoms with Crippen LogP contribution in [-0.2, 0) is 6.61 Å². The number of aliphatic hydroxyl groups excluding tert-OH is 1. The Morgan fingerprint density at radius 2 is 1.95 bits per heavy atom. The molecule has 0 aliphatic heterocycles. The second-order valence-corrected chi connectivity index (χ2v) is 4.91. The normalized spacial score (nSPS) is 11.9. The van der Waals surface area contributed by atoms with Crippen molar-refractivity contribution in [1.82, 2.24) is 0 Å².